The molecule has 2 saturated heterocycles. The molecule has 5 aliphatic rings. The van der Waals surface area contributed by atoms with Gasteiger partial charge < -0.3 is 25.0 Å². The molecule has 0 aromatic heterocycles. The Balaban J connectivity index is 1.12. The molecule has 5 atom stereocenters. The third kappa shape index (κ3) is 5.13. The average Bonchev–Trinajstić information content (AvgIpc) is 3.67. The van der Waals surface area contributed by atoms with Crippen LogP contribution in [0.4, 0.5) is 5.69 Å². The minimum Gasteiger partial charge on any atom is -0.457 e. The first-order valence-electron chi connectivity index (χ1n) is 16.1. The monoisotopic (exact) mass is 583 g/mol. The third-order valence-electron chi connectivity index (χ3n) is 10.3. The minimum atomic E-state index is -1.13. The Morgan fingerprint density at radius 2 is 1.58 bits per heavy atom. The van der Waals surface area contributed by atoms with Crippen molar-refractivity contribution in [3.63, 3.8) is 0 Å². The number of carbonyl (C=O) groups is 3. The van der Waals surface area contributed by atoms with Gasteiger partial charge >= 0.3 is 0 Å². The van der Waals surface area contributed by atoms with E-state index in [1.165, 1.54) is 6.42 Å². The van der Waals surface area contributed by atoms with Gasteiger partial charge in [-0.25, -0.2) is 0 Å². The van der Waals surface area contributed by atoms with Crippen molar-refractivity contribution in [3.8, 4) is 11.5 Å². The Morgan fingerprint density at radius 3 is 2.30 bits per heavy atom. The number of fused-ring (bicyclic) bond motifs is 1. The predicted octanol–water partition coefficient (Wildman–Crippen LogP) is 5.60. The number of nitrogens with one attached hydrogen (secondary N) is 2. The summed E-state index contributed by atoms with van der Waals surface area (Å²) in [5, 5.41) is 6.32. The molecule has 8 heteroatoms. The number of carbonyl (C=O) groups excluding carboxylic acids is 3. The van der Waals surface area contributed by atoms with Crippen molar-refractivity contribution in [2.75, 3.05) is 5.32 Å². The van der Waals surface area contributed by atoms with Gasteiger partial charge in [0.1, 0.15) is 23.1 Å². The van der Waals surface area contributed by atoms with Gasteiger partial charge in [0.05, 0.1) is 17.9 Å². The van der Waals surface area contributed by atoms with Crippen molar-refractivity contribution in [3.05, 3.63) is 66.7 Å². The van der Waals surface area contributed by atoms with Crippen LogP contribution in [0.2, 0.25) is 0 Å². The fourth-order valence-electron chi connectivity index (χ4n) is 8.10. The van der Waals surface area contributed by atoms with E-state index < -0.39 is 29.6 Å². The molecule has 1 spiro atoms. The first kappa shape index (κ1) is 28.1. The summed E-state index contributed by atoms with van der Waals surface area (Å²) in [6.45, 7) is 2.25. The number of hydrogen-bond donors (Lipinski definition) is 2. The molecular formula is C35H41N3O5. The summed E-state index contributed by atoms with van der Waals surface area (Å²) in [6.07, 6.45) is 12.4. The summed E-state index contributed by atoms with van der Waals surface area (Å²) in [7, 11) is 0. The lowest BCUT2D eigenvalue weighted by Crippen LogP contribution is -2.58. The van der Waals surface area contributed by atoms with Gasteiger partial charge in [0.15, 0.2) is 0 Å². The maximum Gasteiger partial charge on any atom is 0.246 e. The molecule has 0 radical (unpaired) electrons. The molecule has 3 unspecified atom stereocenters. The minimum absolute atomic E-state index is 0.0253. The second-order valence-electron chi connectivity index (χ2n) is 13.1. The number of rotatable bonds is 7. The highest BCUT2D eigenvalue weighted by Gasteiger charge is 2.73. The van der Waals surface area contributed by atoms with Crippen LogP contribution in [0.15, 0.2) is 66.7 Å². The fraction of sp³-hybridized carbons (Fsp3) is 0.514. The lowest BCUT2D eigenvalue weighted by molar-refractivity contribution is -0.145. The Bertz CT molecular complexity index is 1380. The van der Waals surface area contributed by atoms with Crippen molar-refractivity contribution < 1.29 is 23.9 Å². The quantitative estimate of drug-likeness (QED) is 0.414. The van der Waals surface area contributed by atoms with Crippen molar-refractivity contribution in [1.82, 2.24) is 10.2 Å². The summed E-state index contributed by atoms with van der Waals surface area (Å²) < 4.78 is 12.4. The third-order valence-corrected chi connectivity index (χ3v) is 10.3. The largest absolute Gasteiger partial charge is 0.457 e. The molecule has 2 aromatic carbocycles. The second kappa shape index (κ2) is 11.5. The van der Waals surface area contributed by atoms with Gasteiger partial charge in [0.2, 0.25) is 17.7 Å². The van der Waals surface area contributed by atoms with Gasteiger partial charge in [-0.15, -0.1) is 0 Å². The lowest BCUT2D eigenvalue weighted by atomic mass is 9.74. The average molecular weight is 584 g/mol. The van der Waals surface area contributed by atoms with E-state index in [2.05, 4.69) is 17.6 Å². The number of anilines is 1. The molecule has 2 bridgehead atoms. The molecular weight excluding hydrogens is 542 g/mol. The van der Waals surface area contributed by atoms with Crippen LogP contribution in [0.5, 0.6) is 11.5 Å². The highest BCUT2D eigenvalue weighted by Crippen LogP contribution is 2.56. The Labute approximate surface area is 253 Å². The van der Waals surface area contributed by atoms with E-state index in [-0.39, 0.29) is 29.8 Å². The SMILES string of the molecule is CC1CCC(N2C(=O)[C@H]3C(C(=O)Nc4ccc(Oc5ccccc5)cc4)[C@H]4C=CC3(O4)C2C(=O)NC2CCCCC2)CC1. The maximum atomic E-state index is 14.4. The zero-order valence-corrected chi connectivity index (χ0v) is 24.7. The summed E-state index contributed by atoms with van der Waals surface area (Å²) >= 11 is 0. The molecule has 2 saturated carbocycles. The topological polar surface area (TPSA) is 97.0 Å². The van der Waals surface area contributed by atoms with E-state index in [1.54, 1.807) is 24.3 Å². The maximum absolute atomic E-state index is 14.4. The van der Waals surface area contributed by atoms with E-state index in [0.717, 1.165) is 57.1 Å². The molecule has 226 valence electrons. The van der Waals surface area contributed by atoms with Gasteiger partial charge in [-0.1, -0.05) is 56.5 Å². The molecule has 2 aliphatic carbocycles. The second-order valence-corrected chi connectivity index (χ2v) is 13.1. The molecule has 2 aromatic rings. The van der Waals surface area contributed by atoms with Gasteiger partial charge in [-0.2, -0.15) is 0 Å². The summed E-state index contributed by atoms with van der Waals surface area (Å²) in [5.41, 5.74) is -0.514. The Hall–Kier alpha value is -3.65. The molecule has 7 rings (SSSR count). The van der Waals surface area contributed by atoms with Crippen molar-refractivity contribution >= 4 is 23.4 Å². The summed E-state index contributed by atoms with van der Waals surface area (Å²) in [5.74, 6) is 0.0236. The van der Waals surface area contributed by atoms with Gasteiger partial charge in [-0.05, 0) is 80.8 Å². The highest BCUT2D eigenvalue weighted by atomic mass is 16.5. The number of likely N-dealkylation sites (tertiary alicyclic amines) is 1. The van der Waals surface area contributed by atoms with Gasteiger partial charge in [0.25, 0.3) is 0 Å². The van der Waals surface area contributed by atoms with Crippen molar-refractivity contribution in [1.29, 1.82) is 0 Å². The first-order valence-corrected chi connectivity index (χ1v) is 16.1. The van der Waals surface area contributed by atoms with E-state index in [4.69, 9.17) is 9.47 Å². The molecule has 3 amide bonds. The number of ether oxygens (including phenoxy) is 2. The first-order chi connectivity index (χ1) is 20.9. The smallest absolute Gasteiger partial charge is 0.246 e. The number of hydrogen-bond acceptors (Lipinski definition) is 5. The zero-order chi connectivity index (χ0) is 29.6. The van der Waals surface area contributed by atoms with Crippen LogP contribution in [0.1, 0.15) is 64.7 Å². The Morgan fingerprint density at radius 1 is 0.884 bits per heavy atom. The van der Waals surface area contributed by atoms with E-state index in [0.29, 0.717) is 17.4 Å². The van der Waals surface area contributed by atoms with Crippen molar-refractivity contribution in [2.24, 2.45) is 17.8 Å². The molecule has 43 heavy (non-hydrogen) atoms. The zero-order valence-electron chi connectivity index (χ0n) is 24.7. The predicted molar refractivity (Wildman–Crippen MR) is 162 cm³/mol. The normalized spacial score (nSPS) is 33.3. The molecule has 4 fully saturated rings. The Kier molecular flexibility index (Phi) is 7.49. The number of nitrogens with zero attached hydrogens (tertiary/aromatic N) is 1. The van der Waals surface area contributed by atoms with Crippen LogP contribution in [-0.4, -0.2) is 52.5 Å². The lowest BCUT2D eigenvalue weighted by Gasteiger charge is -2.40. The van der Waals surface area contributed by atoms with Crippen LogP contribution in [0.25, 0.3) is 0 Å². The van der Waals surface area contributed by atoms with Crippen molar-refractivity contribution in [2.45, 2.75) is 94.5 Å². The molecule has 3 heterocycles. The summed E-state index contributed by atoms with van der Waals surface area (Å²) in [4.78, 5) is 44.2. The van der Waals surface area contributed by atoms with E-state index >= 15 is 0 Å². The molecule has 8 nitrogen and oxygen atoms in total. The van der Waals surface area contributed by atoms with Gasteiger partial charge in [-0.3, -0.25) is 14.4 Å². The van der Waals surface area contributed by atoms with Crippen LogP contribution in [0, 0.1) is 17.8 Å². The number of para-hydroxylation sites is 1. The van der Waals surface area contributed by atoms with E-state index in [9.17, 15) is 14.4 Å². The van der Waals surface area contributed by atoms with Crippen LogP contribution in [-0.2, 0) is 19.1 Å². The van der Waals surface area contributed by atoms with Crippen LogP contribution in [0.3, 0.4) is 0 Å². The number of benzene rings is 2. The number of amides is 3. The molecule has 3 aliphatic heterocycles. The summed E-state index contributed by atoms with van der Waals surface area (Å²) in [6, 6.07) is 16.0. The molecule has 2 N–H and O–H groups in total. The highest BCUT2D eigenvalue weighted by molar-refractivity contribution is 6.03. The van der Waals surface area contributed by atoms with E-state index in [1.807, 2.05) is 47.4 Å². The van der Waals surface area contributed by atoms with Gasteiger partial charge in [0, 0.05) is 17.8 Å². The standard InChI is InChI=1S/C35H41N3O5/c1-22-12-16-25(17-13-22)38-31(33(40)37-23-8-4-2-5-9-23)35-21-20-28(43-35)29(30(35)34(38)41)32(39)36-24-14-18-27(19-15-24)42-26-10-6-3-7-11-26/h3,6-7,10-11,14-15,18-23,25,28-31H,2,4-5,8-9,12-13,16-17H2,1H3,(H,36,39)(H,37,40)/t22?,25?,28-,29?,30-,31?,35?/m1/s1. The van der Waals surface area contributed by atoms with Crippen LogP contribution >= 0.6 is 0 Å². The van der Waals surface area contributed by atoms with Crippen LogP contribution < -0.4 is 15.4 Å². The fourth-order valence-corrected chi connectivity index (χ4v) is 8.10.